The SMILES string of the molecule is C=CCCC(=O)NC[C@@H](OC(=O)[C@H]1[C@@H]2O[C@@]3(CC2Br)[C@@H]1C(=O)N([C@H](CO)c1ccccc1)[C@@H]3C(=O)N(CC=C)C(C)(C)CC(C)(C)C)c1ccccc1. The first-order valence-electron chi connectivity index (χ1n) is 18.5. The quantitative estimate of drug-likeness (QED) is 0.120. The first kappa shape index (κ1) is 40.4. The van der Waals surface area contributed by atoms with Crippen molar-refractivity contribution in [3.8, 4) is 0 Å². The molecule has 11 heteroatoms. The Kier molecular flexibility index (Phi) is 12.4. The lowest BCUT2D eigenvalue weighted by atomic mass is 9.70. The van der Waals surface area contributed by atoms with E-state index in [4.69, 9.17) is 9.47 Å². The largest absolute Gasteiger partial charge is 0.455 e. The van der Waals surface area contributed by atoms with Crippen molar-refractivity contribution in [1.29, 1.82) is 0 Å². The molecule has 1 unspecified atom stereocenters. The molecular formula is C42H54BrN3O7. The Hall–Kier alpha value is -3.80. The van der Waals surface area contributed by atoms with Crippen LogP contribution >= 0.6 is 15.9 Å². The number of allylic oxidation sites excluding steroid dienone is 1. The number of carbonyl (C=O) groups is 4. The fourth-order valence-corrected chi connectivity index (χ4v) is 9.87. The number of fused-ring (bicyclic) bond motifs is 1. The van der Waals surface area contributed by atoms with Crippen LogP contribution in [-0.2, 0) is 28.7 Å². The summed E-state index contributed by atoms with van der Waals surface area (Å²) in [4.78, 5) is 60.4. The maximum atomic E-state index is 15.3. The number of alkyl halides is 1. The van der Waals surface area contributed by atoms with Gasteiger partial charge in [0.1, 0.15) is 17.7 Å². The second-order valence-corrected chi connectivity index (χ2v) is 17.4. The molecule has 5 rings (SSSR count). The van der Waals surface area contributed by atoms with Gasteiger partial charge in [0.25, 0.3) is 0 Å². The third-order valence-corrected chi connectivity index (χ3v) is 11.5. The first-order valence-corrected chi connectivity index (χ1v) is 19.4. The van der Waals surface area contributed by atoms with E-state index in [9.17, 15) is 14.7 Å². The average molecular weight is 793 g/mol. The molecule has 3 aliphatic rings. The van der Waals surface area contributed by atoms with Crippen LogP contribution in [0, 0.1) is 17.3 Å². The van der Waals surface area contributed by atoms with Gasteiger partial charge in [-0.1, -0.05) is 110 Å². The van der Waals surface area contributed by atoms with E-state index in [0.29, 0.717) is 30.4 Å². The third-order valence-electron chi connectivity index (χ3n) is 10.7. The van der Waals surface area contributed by atoms with Crippen molar-refractivity contribution in [3.63, 3.8) is 0 Å². The van der Waals surface area contributed by atoms with E-state index in [2.05, 4.69) is 55.2 Å². The van der Waals surface area contributed by atoms with E-state index in [1.807, 2.05) is 74.5 Å². The van der Waals surface area contributed by atoms with Gasteiger partial charge >= 0.3 is 5.97 Å². The molecule has 0 aliphatic carbocycles. The topological polar surface area (TPSA) is 125 Å². The zero-order chi connectivity index (χ0) is 38.7. The lowest BCUT2D eigenvalue weighted by Gasteiger charge is -2.46. The van der Waals surface area contributed by atoms with Gasteiger partial charge in [-0.15, -0.1) is 13.2 Å². The summed E-state index contributed by atoms with van der Waals surface area (Å²) in [6.45, 7) is 17.8. The predicted octanol–water partition coefficient (Wildman–Crippen LogP) is 6.06. The smallest absolute Gasteiger partial charge is 0.313 e. The van der Waals surface area contributed by atoms with E-state index < -0.39 is 65.8 Å². The van der Waals surface area contributed by atoms with Gasteiger partial charge in [-0.25, -0.2) is 0 Å². The van der Waals surface area contributed by atoms with Crippen molar-refractivity contribution in [2.45, 2.75) is 101 Å². The molecular weight excluding hydrogens is 738 g/mol. The minimum Gasteiger partial charge on any atom is -0.455 e. The number of likely N-dealkylation sites (tertiary alicyclic amines) is 1. The van der Waals surface area contributed by atoms with Crippen LogP contribution in [0.3, 0.4) is 0 Å². The number of rotatable bonds is 16. The Balaban J connectivity index is 1.57. The Morgan fingerprint density at radius 1 is 1.06 bits per heavy atom. The van der Waals surface area contributed by atoms with Crippen LogP contribution in [0.25, 0.3) is 0 Å². The zero-order valence-electron chi connectivity index (χ0n) is 31.5. The molecule has 10 nitrogen and oxygen atoms in total. The molecule has 3 fully saturated rings. The summed E-state index contributed by atoms with van der Waals surface area (Å²) in [7, 11) is 0. The summed E-state index contributed by atoms with van der Waals surface area (Å²) in [6, 6.07) is 16.2. The maximum Gasteiger partial charge on any atom is 0.313 e. The number of carbonyl (C=O) groups excluding carboxylic acids is 4. The molecule has 3 aliphatic heterocycles. The number of hydrogen-bond donors (Lipinski definition) is 2. The molecule has 2 N–H and O–H groups in total. The van der Waals surface area contributed by atoms with Gasteiger partial charge in [0.05, 0.1) is 37.1 Å². The summed E-state index contributed by atoms with van der Waals surface area (Å²) >= 11 is 3.76. The van der Waals surface area contributed by atoms with Gasteiger partial charge in [-0.2, -0.15) is 0 Å². The van der Waals surface area contributed by atoms with Crippen molar-refractivity contribution in [2.24, 2.45) is 17.3 Å². The number of ether oxygens (including phenoxy) is 2. The molecule has 2 bridgehead atoms. The molecule has 2 aromatic rings. The van der Waals surface area contributed by atoms with Gasteiger partial charge in [-0.3, -0.25) is 19.2 Å². The van der Waals surface area contributed by atoms with Gasteiger partial charge in [-0.05, 0) is 49.7 Å². The Morgan fingerprint density at radius 3 is 2.25 bits per heavy atom. The molecule has 8 atom stereocenters. The summed E-state index contributed by atoms with van der Waals surface area (Å²) in [5, 5.41) is 13.8. The molecule has 0 aromatic heterocycles. The van der Waals surface area contributed by atoms with E-state index >= 15 is 9.59 Å². The van der Waals surface area contributed by atoms with Crippen LogP contribution in [0.15, 0.2) is 86.0 Å². The maximum absolute atomic E-state index is 15.3. The number of hydrogen-bond acceptors (Lipinski definition) is 7. The summed E-state index contributed by atoms with van der Waals surface area (Å²) in [5.41, 5.74) is -0.849. The standard InChI is InChI=1S/C42H54BrN3O7/c1-8-10-21-32(48)44-24-31(28-19-15-12-16-20-28)52-39(51)33-34-37(49)46(30(25-47)27-17-13-11-14-18-27)36(42(34)23-29(43)35(33)53-42)38(50)45(22-9-2)41(6,7)26-40(3,4)5/h8-9,11-20,29-31,33-36,47H,1-2,10,21-26H2,3-7H3,(H,44,48)/t29?,30-,31-,33-,34+,35-,36-,42+/m1/s1. The molecule has 3 amide bonds. The number of halogens is 1. The van der Waals surface area contributed by atoms with Crippen LogP contribution in [-0.4, -0.2) is 86.4 Å². The van der Waals surface area contributed by atoms with Crippen molar-refractivity contribution in [2.75, 3.05) is 19.7 Å². The summed E-state index contributed by atoms with van der Waals surface area (Å²) < 4.78 is 13.0. The lowest BCUT2D eigenvalue weighted by molar-refractivity contribution is -0.161. The lowest BCUT2D eigenvalue weighted by Crippen LogP contribution is -2.61. The number of nitrogens with zero attached hydrogens (tertiary/aromatic N) is 2. The Labute approximate surface area is 322 Å². The molecule has 286 valence electrons. The van der Waals surface area contributed by atoms with E-state index in [1.54, 1.807) is 17.1 Å². The highest BCUT2D eigenvalue weighted by atomic mass is 79.9. The predicted molar refractivity (Wildman–Crippen MR) is 207 cm³/mol. The van der Waals surface area contributed by atoms with Gasteiger partial charge in [0.15, 0.2) is 0 Å². The average Bonchev–Trinajstić information content (AvgIpc) is 3.71. The van der Waals surface area contributed by atoms with Crippen molar-refractivity contribution < 1.29 is 33.8 Å². The fourth-order valence-electron chi connectivity index (χ4n) is 8.93. The normalized spacial score (nSPS) is 26.1. The fraction of sp³-hybridized carbons (Fsp3) is 0.524. The van der Waals surface area contributed by atoms with Crippen LogP contribution in [0.2, 0.25) is 0 Å². The minimum atomic E-state index is -1.39. The van der Waals surface area contributed by atoms with Crippen LogP contribution < -0.4 is 5.32 Å². The molecule has 3 heterocycles. The second kappa shape index (κ2) is 16.3. The molecule has 3 saturated heterocycles. The molecule has 53 heavy (non-hydrogen) atoms. The molecule has 0 saturated carbocycles. The Morgan fingerprint density at radius 2 is 1.68 bits per heavy atom. The summed E-state index contributed by atoms with van der Waals surface area (Å²) in [6.07, 6.45) is 3.44. The number of benzene rings is 2. The van der Waals surface area contributed by atoms with Crippen LogP contribution in [0.1, 0.15) is 83.6 Å². The monoisotopic (exact) mass is 791 g/mol. The number of nitrogens with one attached hydrogen (secondary N) is 1. The highest BCUT2D eigenvalue weighted by molar-refractivity contribution is 9.09. The molecule has 1 spiro atoms. The van der Waals surface area contributed by atoms with Crippen molar-refractivity contribution in [1.82, 2.24) is 15.1 Å². The van der Waals surface area contributed by atoms with E-state index in [-0.39, 0.29) is 41.6 Å². The number of esters is 1. The number of aliphatic hydroxyl groups excluding tert-OH is 1. The van der Waals surface area contributed by atoms with Gasteiger partial charge in [0, 0.05) is 23.3 Å². The molecule has 2 aromatic carbocycles. The minimum absolute atomic E-state index is 0.0265. The third kappa shape index (κ3) is 8.17. The van der Waals surface area contributed by atoms with Crippen LogP contribution in [0.5, 0.6) is 0 Å². The zero-order valence-corrected chi connectivity index (χ0v) is 33.1. The van der Waals surface area contributed by atoms with Gasteiger partial charge in [0.2, 0.25) is 17.7 Å². The highest BCUT2D eigenvalue weighted by Crippen LogP contribution is 2.62. The second-order valence-electron chi connectivity index (χ2n) is 16.3. The Bertz CT molecular complexity index is 1660. The number of aliphatic hydroxyl groups is 1. The van der Waals surface area contributed by atoms with Crippen LogP contribution in [0.4, 0.5) is 0 Å². The van der Waals surface area contributed by atoms with Crippen molar-refractivity contribution >= 4 is 39.6 Å². The first-order chi connectivity index (χ1) is 25.1. The van der Waals surface area contributed by atoms with Crippen molar-refractivity contribution in [3.05, 3.63) is 97.1 Å². The van der Waals surface area contributed by atoms with E-state index in [0.717, 1.165) is 0 Å². The van der Waals surface area contributed by atoms with E-state index in [1.165, 1.54) is 4.90 Å². The highest BCUT2D eigenvalue weighted by Gasteiger charge is 2.78. The summed E-state index contributed by atoms with van der Waals surface area (Å²) in [5.74, 6) is -3.76. The number of amides is 3. The van der Waals surface area contributed by atoms with Gasteiger partial charge < -0.3 is 29.7 Å². The molecule has 0 radical (unpaired) electrons.